The molecule has 6 heteroatoms. The molecule has 0 spiro atoms. The van der Waals surface area contributed by atoms with Crippen LogP contribution in [-0.2, 0) is 0 Å². The molecule has 0 fully saturated rings. The van der Waals surface area contributed by atoms with E-state index >= 15 is 0 Å². The van der Waals surface area contributed by atoms with Crippen LogP contribution in [0.3, 0.4) is 0 Å². The van der Waals surface area contributed by atoms with Gasteiger partial charge < -0.3 is 10.6 Å². The van der Waals surface area contributed by atoms with E-state index in [0.717, 1.165) is 0 Å². The average molecular weight is 308 g/mol. The molecule has 2 N–H and O–H groups in total. The molecule has 0 amide bonds. The number of hydrogen-bond acceptors (Lipinski definition) is 3. The lowest BCUT2D eigenvalue weighted by atomic mass is 10.1. The summed E-state index contributed by atoms with van der Waals surface area (Å²) in [4.78, 5) is 5.94. The zero-order valence-electron chi connectivity index (χ0n) is 10.9. The molecule has 1 atom stereocenters. The molecule has 2 aromatic carbocycles. The van der Waals surface area contributed by atoms with Crippen LogP contribution in [0.15, 0.2) is 47.5 Å². The zero-order chi connectivity index (χ0) is 15.0. The monoisotopic (exact) mass is 307 g/mol. The molecule has 0 saturated carbocycles. The standard InChI is InChI=1S/C15H12ClF2N3/c16-10-5-9(6-12(18)7-10)14-8-20-15(19)21(14)13-3-1-11(17)2-4-13/h1-7,14H,8H2,(H2,19,20). The van der Waals surface area contributed by atoms with E-state index in [1.54, 1.807) is 23.1 Å². The van der Waals surface area contributed by atoms with E-state index in [-0.39, 0.29) is 11.9 Å². The summed E-state index contributed by atoms with van der Waals surface area (Å²) in [7, 11) is 0. The minimum Gasteiger partial charge on any atom is -0.369 e. The summed E-state index contributed by atoms with van der Waals surface area (Å²) in [5, 5.41) is 0.314. The third-order valence-corrected chi connectivity index (χ3v) is 3.58. The van der Waals surface area contributed by atoms with Gasteiger partial charge in [0.2, 0.25) is 0 Å². The van der Waals surface area contributed by atoms with Crippen LogP contribution in [-0.4, -0.2) is 12.5 Å². The lowest BCUT2D eigenvalue weighted by molar-refractivity contribution is 0.621. The summed E-state index contributed by atoms with van der Waals surface area (Å²) in [6, 6.07) is 9.97. The quantitative estimate of drug-likeness (QED) is 0.922. The van der Waals surface area contributed by atoms with Gasteiger partial charge in [-0.05, 0) is 48.0 Å². The summed E-state index contributed by atoms with van der Waals surface area (Å²) < 4.78 is 26.6. The molecule has 2 aromatic rings. The summed E-state index contributed by atoms with van der Waals surface area (Å²) in [5.74, 6) is -0.437. The molecule has 1 aliphatic heterocycles. The van der Waals surface area contributed by atoms with Crippen LogP contribution in [0.1, 0.15) is 11.6 Å². The van der Waals surface area contributed by atoms with Crippen molar-refractivity contribution < 1.29 is 8.78 Å². The highest BCUT2D eigenvalue weighted by molar-refractivity contribution is 6.30. The fourth-order valence-electron chi connectivity index (χ4n) is 2.43. The van der Waals surface area contributed by atoms with Crippen molar-refractivity contribution in [3.63, 3.8) is 0 Å². The second kappa shape index (κ2) is 5.33. The number of rotatable bonds is 2. The third kappa shape index (κ3) is 2.69. The minimum atomic E-state index is -0.415. The van der Waals surface area contributed by atoms with Crippen LogP contribution in [0, 0.1) is 11.6 Å². The van der Waals surface area contributed by atoms with Crippen molar-refractivity contribution in [1.29, 1.82) is 0 Å². The molecule has 0 aromatic heterocycles. The number of nitrogens with two attached hydrogens (primary N) is 1. The lowest BCUT2D eigenvalue weighted by Gasteiger charge is -2.26. The fourth-order valence-corrected chi connectivity index (χ4v) is 2.66. The first kappa shape index (κ1) is 13.8. The Bertz CT molecular complexity index is 680. The molecule has 0 aliphatic carbocycles. The van der Waals surface area contributed by atoms with E-state index in [4.69, 9.17) is 17.3 Å². The van der Waals surface area contributed by atoms with E-state index in [1.807, 2.05) is 0 Å². The maximum atomic E-state index is 13.5. The van der Waals surface area contributed by atoms with Gasteiger partial charge in [-0.15, -0.1) is 0 Å². The molecule has 3 nitrogen and oxygen atoms in total. The van der Waals surface area contributed by atoms with Crippen molar-refractivity contribution in [2.24, 2.45) is 10.7 Å². The average Bonchev–Trinajstić information content (AvgIpc) is 2.80. The largest absolute Gasteiger partial charge is 0.369 e. The van der Waals surface area contributed by atoms with Crippen LogP contribution in [0.5, 0.6) is 0 Å². The van der Waals surface area contributed by atoms with Crippen LogP contribution < -0.4 is 10.6 Å². The Kier molecular flexibility index (Phi) is 3.51. The predicted octanol–water partition coefficient (Wildman–Crippen LogP) is 3.49. The molecule has 1 heterocycles. The molecule has 3 rings (SSSR count). The van der Waals surface area contributed by atoms with Gasteiger partial charge in [-0.25, -0.2) is 8.78 Å². The Balaban J connectivity index is 2.00. The first-order chi connectivity index (χ1) is 10.0. The maximum absolute atomic E-state index is 13.5. The van der Waals surface area contributed by atoms with Gasteiger partial charge in [0.05, 0.1) is 12.6 Å². The van der Waals surface area contributed by atoms with Gasteiger partial charge in [-0.1, -0.05) is 11.6 Å². The summed E-state index contributed by atoms with van der Waals surface area (Å²) in [5.41, 5.74) is 7.28. The summed E-state index contributed by atoms with van der Waals surface area (Å²) in [6.45, 7) is 0.392. The van der Waals surface area contributed by atoms with Crippen molar-refractivity contribution >= 4 is 23.2 Å². The molecular formula is C15H12ClF2N3. The number of guanidine groups is 1. The van der Waals surface area contributed by atoms with Crippen LogP contribution in [0.2, 0.25) is 5.02 Å². The summed E-state index contributed by atoms with van der Waals surface area (Å²) in [6.07, 6.45) is 0. The van der Waals surface area contributed by atoms with E-state index < -0.39 is 5.82 Å². The maximum Gasteiger partial charge on any atom is 0.196 e. The highest BCUT2D eigenvalue weighted by atomic mass is 35.5. The molecule has 108 valence electrons. The Morgan fingerprint density at radius 3 is 2.48 bits per heavy atom. The van der Waals surface area contributed by atoms with Gasteiger partial charge >= 0.3 is 0 Å². The molecular weight excluding hydrogens is 296 g/mol. The molecule has 21 heavy (non-hydrogen) atoms. The van der Waals surface area contributed by atoms with Gasteiger partial charge in [-0.3, -0.25) is 4.99 Å². The number of hydrogen-bond donors (Lipinski definition) is 1. The normalized spacial score (nSPS) is 18.0. The van der Waals surface area contributed by atoms with Crippen LogP contribution in [0.4, 0.5) is 14.5 Å². The highest BCUT2D eigenvalue weighted by Crippen LogP contribution is 2.32. The van der Waals surface area contributed by atoms with Gasteiger partial charge in [0, 0.05) is 10.7 Å². The highest BCUT2D eigenvalue weighted by Gasteiger charge is 2.29. The van der Waals surface area contributed by atoms with Crippen molar-refractivity contribution in [2.75, 3.05) is 11.4 Å². The first-order valence-electron chi connectivity index (χ1n) is 6.35. The fraction of sp³-hybridized carbons (Fsp3) is 0.133. The second-order valence-corrected chi connectivity index (χ2v) is 5.20. The Hall–Kier alpha value is -2.14. The van der Waals surface area contributed by atoms with Crippen molar-refractivity contribution in [3.05, 3.63) is 64.7 Å². The minimum absolute atomic E-state index is 0.260. The molecule has 0 radical (unpaired) electrons. The lowest BCUT2D eigenvalue weighted by Crippen LogP contribution is -2.36. The molecule has 1 aliphatic rings. The number of benzene rings is 2. The van der Waals surface area contributed by atoms with Crippen LogP contribution >= 0.6 is 11.6 Å². The smallest absolute Gasteiger partial charge is 0.196 e. The molecule has 0 saturated heterocycles. The van der Waals surface area contributed by atoms with Crippen molar-refractivity contribution in [2.45, 2.75) is 6.04 Å². The topological polar surface area (TPSA) is 41.6 Å². The number of halogens is 3. The number of anilines is 1. The van der Waals surface area contributed by atoms with E-state index in [0.29, 0.717) is 28.8 Å². The van der Waals surface area contributed by atoms with Gasteiger partial charge in [0.15, 0.2) is 5.96 Å². The number of aliphatic imine (C=N–C) groups is 1. The molecule has 1 unspecified atom stereocenters. The Labute approximate surface area is 125 Å². The number of nitrogens with zero attached hydrogens (tertiary/aromatic N) is 2. The van der Waals surface area contributed by atoms with Crippen molar-refractivity contribution in [3.8, 4) is 0 Å². The SMILES string of the molecule is NC1=NCC(c2cc(F)cc(Cl)c2)N1c1ccc(F)cc1. The Morgan fingerprint density at radius 2 is 1.81 bits per heavy atom. The van der Waals surface area contributed by atoms with E-state index in [9.17, 15) is 8.78 Å². The van der Waals surface area contributed by atoms with Gasteiger partial charge in [0.1, 0.15) is 11.6 Å². The second-order valence-electron chi connectivity index (χ2n) is 4.76. The van der Waals surface area contributed by atoms with Gasteiger partial charge in [0.25, 0.3) is 0 Å². The van der Waals surface area contributed by atoms with E-state index in [1.165, 1.54) is 24.3 Å². The third-order valence-electron chi connectivity index (χ3n) is 3.36. The Morgan fingerprint density at radius 1 is 1.10 bits per heavy atom. The van der Waals surface area contributed by atoms with Crippen LogP contribution in [0.25, 0.3) is 0 Å². The molecule has 0 bridgehead atoms. The van der Waals surface area contributed by atoms with Gasteiger partial charge in [-0.2, -0.15) is 0 Å². The summed E-state index contributed by atoms with van der Waals surface area (Å²) >= 11 is 5.90. The van der Waals surface area contributed by atoms with Crippen molar-refractivity contribution in [1.82, 2.24) is 0 Å². The van der Waals surface area contributed by atoms with E-state index in [2.05, 4.69) is 4.99 Å². The predicted molar refractivity (Wildman–Crippen MR) is 79.5 cm³/mol. The zero-order valence-corrected chi connectivity index (χ0v) is 11.7. The first-order valence-corrected chi connectivity index (χ1v) is 6.73.